The van der Waals surface area contributed by atoms with Gasteiger partial charge in [0.05, 0.1) is 207 Å². The van der Waals surface area contributed by atoms with Crippen LogP contribution in [0, 0.1) is 61.5 Å². The number of hydrogen-bond donors (Lipinski definition) is 19. The maximum atomic E-state index is 13.3. The molecule has 3 amide bonds. The number of nitrogens with zero attached hydrogens (tertiary/aromatic N) is 6. The van der Waals surface area contributed by atoms with Crippen molar-refractivity contribution in [3.63, 3.8) is 0 Å². The molecule has 8 atom stereocenters. The first kappa shape index (κ1) is 113. The minimum Gasteiger partial charge on any atom is -0.481 e. The van der Waals surface area contributed by atoms with E-state index >= 15 is 0 Å². The van der Waals surface area contributed by atoms with Crippen LogP contribution in [0.2, 0.25) is 0 Å². The van der Waals surface area contributed by atoms with Crippen LogP contribution in [0.1, 0.15) is 105 Å². The average Bonchev–Trinajstić information content (AvgIpc) is 1.41. The molecule has 0 saturated carbocycles. The van der Waals surface area contributed by atoms with Gasteiger partial charge in [0, 0.05) is 114 Å². The number of carboxylic acids is 3. The summed E-state index contributed by atoms with van der Waals surface area (Å²) in [5.41, 5.74) is 2.01. The number of aliphatic hydroxyl groups is 12. The summed E-state index contributed by atoms with van der Waals surface area (Å²) in [5.74, 6) is -7.09. The van der Waals surface area contributed by atoms with Crippen molar-refractivity contribution < 1.29 is 208 Å². The normalized spacial score (nSPS) is 18.0. The molecule has 0 aromatic rings. The Hall–Kier alpha value is -5.59. The Bertz CT molecular complexity index is 2430. The van der Waals surface area contributed by atoms with Gasteiger partial charge in [0.15, 0.2) is 11.6 Å². The van der Waals surface area contributed by atoms with E-state index in [-0.39, 0.29) is 129 Å². The van der Waals surface area contributed by atoms with E-state index in [1.165, 1.54) is 0 Å². The third-order valence-corrected chi connectivity index (χ3v) is 15.4. The summed E-state index contributed by atoms with van der Waals surface area (Å²) in [7, 11) is 3.75. The van der Waals surface area contributed by atoms with Crippen LogP contribution in [-0.2, 0) is 85.6 Å². The fraction of sp³-hybridized carbons (Fsp3) is 0.889. The Balaban J connectivity index is -0.000000963. The van der Waals surface area contributed by atoms with Crippen LogP contribution in [0.15, 0.2) is 15.5 Å². The van der Waals surface area contributed by atoms with Crippen molar-refractivity contribution in [2.24, 2.45) is 21.3 Å². The van der Waals surface area contributed by atoms with Crippen molar-refractivity contribution in [3.8, 4) is 0 Å². The number of nitrogens with one attached hydrogen (secondary N) is 3. The SMILES string of the molecule is C=N/N=N/[N+](=O)[O-].CC1(C)OCC(COCC(N)COCC2COC(C)(C)O2)O1.O=C(CCC(CCC(=O)NC(COCC(O)CO)COCC(O)CO)(CCC(=O)NC(COCC(O)CO)COCC(O)CO)[N+](=O)[O-])NC(COCC(O)CO)COCC(O)CO.O=C(O)CCC(CCC(=O)O)(CCC(=O)O)[N+](=O)[O-].[3H][B].[U]. The molecule has 8 unspecified atom stereocenters. The summed E-state index contributed by atoms with van der Waals surface area (Å²) in [6, 6.07) is -3.04. The van der Waals surface area contributed by atoms with Gasteiger partial charge in [0.2, 0.25) is 39.2 Å². The standard InChI is InChI=1S/C37H72N4O23.C15H29NO6.C10H15NO8.CH2N4O2.BH.U/c42-7-28(48)19-59-13-25(14-60-20-29(49)8-43)38-34(54)1-4-37(41(57)58,5-2-35(55)39-26(15-61-21-30(50)9-44)16-62-22-31(51)10-45)6-3-36(56)40-27(17-63-23-32(52)11-46)18-64-24-33(53)12-47;1-14(2)19-9-12(21-14)7-17-5-11(16)6-18-8-13-10-20-15(3,4)22-13;12-7(13)1-4-10(11(18)19,5-2-8(14)15)6-3-9(16)17;1-2-3-4-5(6)7;;/h25-33,42-53H,1-24H2,(H,38,54)(H,39,55)(H,40,56);11-13H,5-10,16H2,1-4H3;1-6H2,(H,12,13)(H,14,15)(H,16,17);1H2;1H;/b;;;4-3+;;/i;;;;1T;. The van der Waals surface area contributed by atoms with Crippen molar-refractivity contribution in [3.05, 3.63) is 30.3 Å². The number of nitro groups is 3. The Morgan fingerprint density at radius 1 is 0.474 bits per heavy atom. The Morgan fingerprint density at radius 2 is 0.711 bits per heavy atom. The van der Waals surface area contributed by atoms with Crippen LogP contribution in [-0.4, -0.2) is 398 Å². The molecule has 662 valence electrons. The van der Waals surface area contributed by atoms with Crippen LogP contribution < -0.4 is 21.7 Å². The second-order valence-corrected chi connectivity index (χ2v) is 26.5. The monoisotopic (exact) mass is 1890 g/mol. The van der Waals surface area contributed by atoms with E-state index < -0.39 is 245 Å². The van der Waals surface area contributed by atoms with Crippen molar-refractivity contribution >= 4 is 50.7 Å². The summed E-state index contributed by atoms with van der Waals surface area (Å²) in [6.07, 6.45) is -13.5. The summed E-state index contributed by atoms with van der Waals surface area (Å²) in [5, 5.41) is 186. The van der Waals surface area contributed by atoms with Gasteiger partial charge in [0.1, 0.15) is 48.8 Å². The number of aliphatic carboxylic acids is 3. The van der Waals surface area contributed by atoms with Gasteiger partial charge >= 0.3 is 17.9 Å². The maximum absolute atomic E-state index is 13.3. The van der Waals surface area contributed by atoms with Crippen LogP contribution in [0.4, 0.5) is 0 Å². The molecule has 20 N–H and O–H groups in total. The number of carboxylic acid groups (broad SMARTS) is 3. The molecule has 0 aromatic heterocycles. The summed E-state index contributed by atoms with van der Waals surface area (Å²) in [4.78, 5) is 103. The molecule has 2 radical (unpaired) electrons. The molecule has 0 aromatic carbocycles. The molecule has 2 fully saturated rings. The Labute approximate surface area is 683 Å². The third kappa shape index (κ3) is 60.0. The second kappa shape index (κ2) is 66.3. The minimum absolute atomic E-state index is 0. The number of amides is 3. The summed E-state index contributed by atoms with van der Waals surface area (Å²) < 4.78 is 70.6. The van der Waals surface area contributed by atoms with Crippen LogP contribution in [0.3, 0.4) is 0 Å². The molecule has 51 heteroatoms. The van der Waals surface area contributed by atoms with Gasteiger partial charge in [0.25, 0.3) is 0 Å². The predicted octanol–water partition coefficient (Wildman–Crippen LogP) is -7.14. The number of aliphatic hydroxyl groups excluding tert-OH is 12. The quantitative estimate of drug-likeness (QED) is 0.00884. The van der Waals surface area contributed by atoms with Crippen LogP contribution >= 0.6 is 0 Å². The largest absolute Gasteiger partial charge is 0.481 e. The van der Waals surface area contributed by atoms with Gasteiger partial charge in [-0.3, -0.25) is 49.0 Å². The molecule has 0 bridgehead atoms. The molecule has 114 heavy (non-hydrogen) atoms. The maximum Gasteiger partial charge on any atom is 0.303 e. The van der Waals surface area contributed by atoms with E-state index in [0.29, 0.717) is 39.6 Å². The summed E-state index contributed by atoms with van der Waals surface area (Å²) in [6.45, 7) is 5.89. The Kier molecular flexibility index (Phi) is 65.5. The third-order valence-electron chi connectivity index (χ3n) is 15.4. The number of rotatable bonds is 63. The molecule has 2 heterocycles. The molecule has 2 saturated heterocycles. The van der Waals surface area contributed by atoms with Crippen molar-refractivity contribution in [2.75, 3.05) is 159 Å². The van der Waals surface area contributed by atoms with E-state index in [1.807, 2.05) is 27.7 Å². The van der Waals surface area contributed by atoms with E-state index in [1.54, 1.807) is 0 Å². The zero-order chi connectivity index (χ0) is 87.3. The van der Waals surface area contributed by atoms with E-state index in [9.17, 15) is 89.7 Å². The second-order valence-electron chi connectivity index (χ2n) is 26.5. The summed E-state index contributed by atoms with van der Waals surface area (Å²) >= 11 is 0. The predicted molar refractivity (Wildman–Crippen MR) is 385 cm³/mol. The van der Waals surface area contributed by atoms with E-state index in [4.69, 9.17) is 110 Å². The molecule has 2 rings (SSSR count). The molecule has 2 aliphatic heterocycles. The first-order valence-electron chi connectivity index (χ1n) is 35.9. The van der Waals surface area contributed by atoms with E-state index in [2.05, 4.69) is 46.6 Å². The fourth-order valence-electron chi connectivity index (χ4n) is 9.54. The van der Waals surface area contributed by atoms with Gasteiger partial charge in [-0.2, -0.15) is 0 Å². The molecular formula is C63H119BN10O39U. The first-order chi connectivity index (χ1) is 53.7. The van der Waals surface area contributed by atoms with Gasteiger partial charge in [-0.15, -0.1) is 0 Å². The van der Waals surface area contributed by atoms with Crippen LogP contribution in [0.25, 0.3) is 0 Å². The molecule has 49 nitrogen and oxygen atoms in total. The van der Waals surface area contributed by atoms with Crippen LogP contribution in [0.5, 0.6) is 0 Å². The topological polar surface area (TPSA) is 745 Å². The number of nitrogens with two attached hydrogens (primary N) is 1. The smallest absolute Gasteiger partial charge is 0.303 e. The zero-order valence-corrected chi connectivity index (χ0v) is 68.6. The minimum atomic E-state index is -2.12. The van der Waals surface area contributed by atoms with Gasteiger partial charge < -0.3 is 165 Å². The fourth-order valence-corrected chi connectivity index (χ4v) is 9.54. The van der Waals surface area contributed by atoms with Crippen molar-refractivity contribution in [2.45, 2.75) is 200 Å². The van der Waals surface area contributed by atoms with Gasteiger partial charge in [-0.1, -0.05) is 0 Å². The van der Waals surface area contributed by atoms with Gasteiger partial charge in [-0.25, -0.2) is 0 Å². The number of hydrogen-bond acceptors (Lipinski definition) is 38. The van der Waals surface area contributed by atoms with E-state index in [0.717, 1.165) is 0 Å². The van der Waals surface area contributed by atoms with Crippen molar-refractivity contribution in [1.29, 1.82) is 1.34 Å². The number of ether oxygens (including phenoxy) is 12. The average molecular weight is 1890 g/mol. The zero-order valence-electron chi connectivity index (χ0n) is 65.4. The Morgan fingerprint density at radius 3 is 0.886 bits per heavy atom. The first-order valence-corrected chi connectivity index (χ1v) is 35.3. The van der Waals surface area contributed by atoms with Crippen molar-refractivity contribution in [1.82, 2.24) is 16.0 Å². The van der Waals surface area contributed by atoms with Gasteiger partial charge in [-0.05, 0) is 34.1 Å². The number of carbonyl (C=O) groups excluding carboxylic acids is 3. The molecule has 0 aliphatic carbocycles. The molecular weight excluding hydrogens is 1770 g/mol. The molecule has 2 aliphatic rings. The molecule has 0 spiro atoms. The number of carbonyl (C=O) groups is 6.